The monoisotopic (exact) mass is 391 g/mol. The minimum absolute atomic E-state index is 0.496. The molecule has 138 valence electrons. The van der Waals surface area contributed by atoms with E-state index in [-0.39, 0.29) is 0 Å². The first-order chi connectivity index (χ1) is 13.7. The van der Waals surface area contributed by atoms with Gasteiger partial charge in [0.05, 0.1) is 11.9 Å². The second-order valence-electron chi connectivity index (χ2n) is 6.05. The van der Waals surface area contributed by atoms with Gasteiger partial charge in [-0.05, 0) is 28.8 Å². The number of halogens is 2. The summed E-state index contributed by atoms with van der Waals surface area (Å²) in [6, 6.07) is 20.7. The number of nitrogens with one attached hydrogen (secondary N) is 1. The number of hydrogen-bond donors (Lipinski definition) is 1. The Morgan fingerprint density at radius 2 is 1.54 bits per heavy atom. The number of anilines is 1. The molecule has 0 aliphatic heterocycles. The van der Waals surface area contributed by atoms with E-state index in [1.165, 1.54) is 23.5 Å². The summed E-state index contributed by atoms with van der Waals surface area (Å²) in [4.78, 5) is 4.50. The Balaban J connectivity index is 1.42. The molecule has 3 aromatic carbocycles. The van der Waals surface area contributed by atoms with E-state index in [1.54, 1.807) is 18.3 Å². The van der Waals surface area contributed by atoms with Crippen LogP contribution in [0.15, 0.2) is 83.3 Å². The van der Waals surface area contributed by atoms with E-state index in [4.69, 9.17) is 0 Å². The molecule has 1 N–H and O–H groups in total. The lowest BCUT2D eigenvalue weighted by molar-refractivity contribution is 0.584. The fraction of sp³-hybridized carbons (Fsp3) is 0. The molecule has 0 saturated heterocycles. The van der Waals surface area contributed by atoms with Crippen LogP contribution in [0.3, 0.4) is 0 Å². The fourth-order valence-corrected chi connectivity index (χ4v) is 3.38. The molecule has 4 aromatic rings. The summed E-state index contributed by atoms with van der Waals surface area (Å²) in [7, 11) is 0. The maximum absolute atomic E-state index is 13.4. The van der Waals surface area contributed by atoms with E-state index in [0.29, 0.717) is 10.7 Å². The minimum Gasteiger partial charge on any atom is -0.253 e. The highest BCUT2D eigenvalue weighted by atomic mass is 32.1. The largest absolute Gasteiger partial charge is 0.253 e. The smallest absolute Gasteiger partial charge is 0.203 e. The summed E-state index contributed by atoms with van der Waals surface area (Å²) >= 11 is 1.47. The first-order valence-corrected chi connectivity index (χ1v) is 9.42. The number of nitrogens with zero attached hydrogens (tertiary/aromatic N) is 2. The quantitative estimate of drug-likeness (QED) is 0.325. The molecule has 0 bridgehead atoms. The van der Waals surface area contributed by atoms with Crippen LogP contribution in [0, 0.1) is 11.6 Å². The zero-order chi connectivity index (χ0) is 19.3. The van der Waals surface area contributed by atoms with Crippen molar-refractivity contribution in [2.75, 3.05) is 5.43 Å². The first-order valence-electron chi connectivity index (χ1n) is 8.54. The number of hydrogen-bond acceptors (Lipinski definition) is 4. The van der Waals surface area contributed by atoms with Gasteiger partial charge in [0.1, 0.15) is 11.6 Å². The highest BCUT2D eigenvalue weighted by Gasteiger charge is 2.04. The lowest BCUT2D eigenvalue weighted by Gasteiger charge is -2.03. The van der Waals surface area contributed by atoms with Gasteiger partial charge in [-0.25, -0.2) is 13.8 Å². The highest BCUT2D eigenvalue weighted by Crippen LogP contribution is 2.25. The van der Waals surface area contributed by atoms with Gasteiger partial charge >= 0.3 is 0 Å². The molecule has 1 heterocycles. The molecule has 28 heavy (non-hydrogen) atoms. The van der Waals surface area contributed by atoms with Crippen LogP contribution in [-0.4, -0.2) is 11.2 Å². The minimum atomic E-state index is -0.594. The summed E-state index contributed by atoms with van der Waals surface area (Å²) in [5.41, 5.74) is 6.96. The van der Waals surface area contributed by atoms with Crippen molar-refractivity contribution in [2.24, 2.45) is 5.10 Å². The molecule has 1 aromatic heterocycles. The van der Waals surface area contributed by atoms with Gasteiger partial charge < -0.3 is 0 Å². The van der Waals surface area contributed by atoms with Crippen molar-refractivity contribution in [3.63, 3.8) is 0 Å². The predicted octanol–water partition coefficient (Wildman–Crippen LogP) is 6.20. The normalized spacial score (nSPS) is 11.1. The van der Waals surface area contributed by atoms with E-state index < -0.39 is 11.6 Å². The van der Waals surface area contributed by atoms with Gasteiger partial charge in [0.2, 0.25) is 5.13 Å². The van der Waals surface area contributed by atoms with Crippen molar-refractivity contribution in [3.05, 3.63) is 95.4 Å². The van der Waals surface area contributed by atoms with Crippen molar-refractivity contribution in [3.8, 4) is 22.4 Å². The Hall–Kier alpha value is -3.38. The number of rotatable bonds is 5. The lowest BCUT2D eigenvalue weighted by atomic mass is 10.0. The van der Waals surface area contributed by atoms with Gasteiger partial charge in [0.15, 0.2) is 0 Å². The molecule has 3 nitrogen and oxygen atoms in total. The molecule has 0 spiro atoms. The highest BCUT2D eigenvalue weighted by molar-refractivity contribution is 7.14. The number of hydrazone groups is 1. The fourth-order valence-electron chi connectivity index (χ4n) is 2.71. The maximum Gasteiger partial charge on any atom is 0.203 e. The molecule has 0 radical (unpaired) electrons. The Labute approximate surface area is 165 Å². The SMILES string of the molecule is Fc1cc(F)cc(-c2ccc(C=NNc3nc(-c4ccccc4)cs3)cc2)c1. The zero-order valence-corrected chi connectivity index (χ0v) is 15.5. The standard InChI is InChI=1S/C22H15F2N3S/c23-19-10-18(11-20(24)12-19)16-8-6-15(7-9-16)13-25-27-22-26-21(14-28-22)17-4-2-1-3-5-17/h1-14H,(H,26,27). The lowest BCUT2D eigenvalue weighted by Crippen LogP contribution is -1.90. The second-order valence-corrected chi connectivity index (χ2v) is 6.91. The van der Waals surface area contributed by atoms with Crippen molar-refractivity contribution >= 4 is 22.7 Å². The van der Waals surface area contributed by atoms with Crippen LogP contribution in [-0.2, 0) is 0 Å². The van der Waals surface area contributed by atoms with Crippen LogP contribution < -0.4 is 5.43 Å². The molecule has 0 amide bonds. The van der Waals surface area contributed by atoms with Crippen molar-refractivity contribution in [1.82, 2.24) is 4.98 Å². The zero-order valence-electron chi connectivity index (χ0n) is 14.6. The molecule has 4 rings (SSSR count). The van der Waals surface area contributed by atoms with Crippen molar-refractivity contribution < 1.29 is 8.78 Å². The van der Waals surface area contributed by atoms with Gasteiger partial charge in [-0.2, -0.15) is 5.10 Å². The average Bonchev–Trinajstić information content (AvgIpc) is 3.17. The summed E-state index contributed by atoms with van der Waals surface area (Å²) < 4.78 is 26.7. The van der Waals surface area contributed by atoms with E-state index in [1.807, 2.05) is 47.8 Å². The topological polar surface area (TPSA) is 37.3 Å². The molecular formula is C22H15F2N3S. The van der Waals surface area contributed by atoms with Gasteiger partial charge in [-0.15, -0.1) is 11.3 Å². The Morgan fingerprint density at radius 1 is 0.821 bits per heavy atom. The molecular weight excluding hydrogens is 376 g/mol. The number of thiazole rings is 1. The molecule has 6 heteroatoms. The average molecular weight is 391 g/mol. The third kappa shape index (κ3) is 4.29. The second kappa shape index (κ2) is 8.10. The van der Waals surface area contributed by atoms with E-state index in [0.717, 1.165) is 28.5 Å². The van der Waals surface area contributed by atoms with Crippen molar-refractivity contribution in [2.45, 2.75) is 0 Å². The summed E-state index contributed by atoms with van der Waals surface area (Å²) in [6.07, 6.45) is 1.67. The molecule has 0 unspecified atom stereocenters. The van der Waals surface area contributed by atoms with Crippen LogP contribution in [0.5, 0.6) is 0 Å². The predicted molar refractivity (Wildman–Crippen MR) is 111 cm³/mol. The summed E-state index contributed by atoms with van der Waals surface area (Å²) in [5, 5.41) is 6.87. The number of aromatic nitrogens is 1. The van der Waals surface area contributed by atoms with Gasteiger partial charge in [0, 0.05) is 17.0 Å². The van der Waals surface area contributed by atoms with E-state index in [9.17, 15) is 8.78 Å². The van der Waals surface area contributed by atoms with Crippen molar-refractivity contribution in [1.29, 1.82) is 0 Å². The molecule has 0 aliphatic carbocycles. The van der Waals surface area contributed by atoms with Gasteiger partial charge in [-0.1, -0.05) is 54.6 Å². The first kappa shape index (κ1) is 18.0. The number of benzene rings is 3. The summed E-state index contributed by atoms with van der Waals surface area (Å²) in [6.45, 7) is 0. The maximum atomic E-state index is 13.4. The molecule has 0 atom stereocenters. The third-order valence-electron chi connectivity index (χ3n) is 4.05. The Bertz CT molecular complexity index is 1090. The Kier molecular flexibility index (Phi) is 5.21. The van der Waals surface area contributed by atoms with Gasteiger partial charge in [-0.3, -0.25) is 5.43 Å². The van der Waals surface area contributed by atoms with Crippen LogP contribution in [0.25, 0.3) is 22.4 Å². The van der Waals surface area contributed by atoms with Crippen LogP contribution in [0.4, 0.5) is 13.9 Å². The van der Waals surface area contributed by atoms with Crippen LogP contribution >= 0.6 is 11.3 Å². The molecule has 0 saturated carbocycles. The van der Waals surface area contributed by atoms with Gasteiger partial charge in [0.25, 0.3) is 0 Å². The summed E-state index contributed by atoms with van der Waals surface area (Å²) in [5.74, 6) is -1.19. The Morgan fingerprint density at radius 3 is 2.25 bits per heavy atom. The van der Waals surface area contributed by atoms with Crippen LogP contribution in [0.2, 0.25) is 0 Å². The third-order valence-corrected chi connectivity index (χ3v) is 4.80. The van der Waals surface area contributed by atoms with Crippen LogP contribution in [0.1, 0.15) is 5.56 Å². The van der Waals surface area contributed by atoms with E-state index >= 15 is 0 Å². The van der Waals surface area contributed by atoms with E-state index in [2.05, 4.69) is 15.5 Å². The molecule has 0 fully saturated rings. The molecule has 0 aliphatic rings.